The van der Waals surface area contributed by atoms with Gasteiger partial charge in [0.15, 0.2) is 6.79 Å². The fraction of sp³-hybridized carbons (Fsp3) is 0.222. The number of benzene rings is 1. The van der Waals surface area contributed by atoms with Crippen LogP contribution < -0.4 is 15.8 Å². The zero-order chi connectivity index (χ0) is 9.97. The van der Waals surface area contributed by atoms with Crippen LogP contribution in [0.1, 0.15) is 5.56 Å². The van der Waals surface area contributed by atoms with Gasteiger partial charge in [-0.2, -0.15) is 0 Å². The molecule has 1 aromatic rings. The van der Waals surface area contributed by atoms with E-state index in [1.807, 2.05) is 0 Å². The lowest BCUT2D eigenvalue weighted by molar-refractivity contribution is -0.0163. The molecule has 1 aliphatic heterocycles. The highest BCUT2D eigenvalue weighted by Gasteiger charge is 2.10. The molecule has 5 nitrogen and oxygen atoms in total. The topological polar surface area (TPSA) is 73.6 Å². The molecule has 0 atom stereocenters. The second-order valence-electron chi connectivity index (χ2n) is 2.92. The minimum absolute atomic E-state index is 0.273. The van der Waals surface area contributed by atoms with Crippen LogP contribution in [-0.4, -0.2) is 12.8 Å². The molecule has 1 heterocycles. The summed E-state index contributed by atoms with van der Waals surface area (Å²) in [5, 5.41) is 2.48. The Kier molecular flexibility index (Phi) is 2.24. The molecule has 5 heteroatoms. The second kappa shape index (κ2) is 3.55. The molecular formula is C9H10N2O3. The third kappa shape index (κ3) is 1.77. The zero-order valence-electron chi connectivity index (χ0n) is 7.45. The molecule has 0 aliphatic carbocycles. The van der Waals surface area contributed by atoms with Crippen molar-refractivity contribution >= 4 is 11.7 Å². The molecule has 0 fully saturated rings. The average molecular weight is 194 g/mol. The van der Waals surface area contributed by atoms with Crippen LogP contribution in [0.15, 0.2) is 18.2 Å². The van der Waals surface area contributed by atoms with E-state index in [1.165, 1.54) is 0 Å². The van der Waals surface area contributed by atoms with E-state index < -0.39 is 6.03 Å². The van der Waals surface area contributed by atoms with Crippen LogP contribution >= 0.6 is 0 Å². The molecular weight excluding hydrogens is 184 g/mol. The third-order valence-electron chi connectivity index (χ3n) is 1.88. The first-order valence-electron chi connectivity index (χ1n) is 4.15. The number of amides is 2. The lowest BCUT2D eigenvalue weighted by Crippen LogP contribution is -2.19. The molecule has 0 unspecified atom stereocenters. The molecule has 1 aromatic carbocycles. The van der Waals surface area contributed by atoms with Crippen LogP contribution in [0.3, 0.4) is 0 Å². The van der Waals surface area contributed by atoms with Crippen molar-refractivity contribution in [3.63, 3.8) is 0 Å². The Bertz CT molecular complexity index is 365. The molecule has 1 aliphatic rings. The van der Waals surface area contributed by atoms with Crippen LogP contribution in [-0.2, 0) is 11.3 Å². The van der Waals surface area contributed by atoms with Crippen molar-refractivity contribution in [1.82, 2.24) is 0 Å². The van der Waals surface area contributed by atoms with E-state index in [0.29, 0.717) is 12.3 Å². The lowest BCUT2D eigenvalue weighted by atomic mass is 10.2. The maximum atomic E-state index is 10.6. The molecule has 0 bridgehead atoms. The quantitative estimate of drug-likeness (QED) is 0.701. The minimum Gasteiger partial charge on any atom is -0.467 e. The number of primary amides is 1. The number of hydrogen-bond acceptors (Lipinski definition) is 3. The first-order chi connectivity index (χ1) is 6.75. The van der Waals surface area contributed by atoms with E-state index in [-0.39, 0.29) is 6.79 Å². The Labute approximate surface area is 80.8 Å². The summed E-state index contributed by atoms with van der Waals surface area (Å²) in [6, 6.07) is 4.71. The minimum atomic E-state index is -0.581. The number of hydrogen-bond donors (Lipinski definition) is 2. The fourth-order valence-electron chi connectivity index (χ4n) is 1.31. The van der Waals surface area contributed by atoms with Gasteiger partial charge in [0.25, 0.3) is 0 Å². The highest BCUT2D eigenvalue weighted by molar-refractivity contribution is 5.88. The van der Waals surface area contributed by atoms with Crippen molar-refractivity contribution in [3.05, 3.63) is 23.8 Å². The largest absolute Gasteiger partial charge is 0.467 e. The van der Waals surface area contributed by atoms with E-state index in [4.69, 9.17) is 15.2 Å². The molecule has 3 N–H and O–H groups in total. The van der Waals surface area contributed by atoms with E-state index in [2.05, 4.69) is 5.32 Å². The van der Waals surface area contributed by atoms with Crippen molar-refractivity contribution in [2.24, 2.45) is 5.73 Å². The SMILES string of the molecule is NC(=O)Nc1ccc2c(c1)COCO2. The Morgan fingerprint density at radius 2 is 2.36 bits per heavy atom. The van der Waals surface area contributed by atoms with Gasteiger partial charge in [-0.3, -0.25) is 0 Å². The molecule has 0 aromatic heterocycles. The summed E-state index contributed by atoms with van der Waals surface area (Å²) < 4.78 is 10.3. The number of nitrogens with one attached hydrogen (secondary N) is 1. The van der Waals surface area contributed by atoms with Crippen LogP contribution in [0.2, 0.25) is 0 Å². The number of rotatable bonds is 1. The summed E-state index contributed by atoms with van der Waals surface area (Å²) in [7, 11) is 0. The number of anilines is 1. The Balaban J connectivity index is 2.24. The first kappa shape index (κ1) is 8.83. The molecule has 0 radical (unpaired) electrons. The van der Waals surface area contributed by atoms with Gasteiger partial charge in [0.05, 0.1) is 6.61 Å². The van der Waals surface area contributed by atoms with Crippen molar-refractivity contribution in [1.29, 1.82) is 0 Å². The number of nitrogens with two attached hydrogens (primary N) is 1. The smallest absolute Gasteiger partial charge is 0.316 e. The van der Waals surface area contributed by atoms with Gasteiger partial charge in [-0.05, 0) is 18.2 Å². The molecule has 0 saturated heterocycles. The van der Waals surface area contributed by atoms with Crippen molar-refractivity contribution in [2.45, 2.75) is 6.61 Å². The standard InChI is InChI=1S/C9H10N2O3/c10-9(12)11-7-1-2-8-6(3-7)4-13-5-14-8/h1-3H,4-5H2,(H3,10,11,12). The highest BCUT2D eigenvalue weighted by atomic mass is 16.7. The van der Waals surface area contributed by atoms with Gasteiger partial charge in [0, 0.05) is 11.3 Å². The molecule has 74 valence electrons. The zero-order valence-corrected chi connectivity index (χ0v) is 7.45. The van der Waals surface area contributed by atoms with Gasteiger partial charge in [-0.1, -0.05) is 0 Å². The van der Waals surface area contributed by atoms with Crippen LogP contribution in [0.4, 0.5) is 10.5 Å². The normalized spacial score (nSPS) is 14.0. The van der Waals surface area contributed by atoms with Crippen molar-refractivity contribution in [3.8, 4) is 5.75 Å². The number of urea groups is 1. The number of carbonyl (C=O) groups is 1. The predicted molar refractivity (Wildman–Crippen MR) is 49.9 cm³/mol. The fourth-order valence-corrected chi connectivity index (χ4v) is 1.31. The monoisotopic (exact) mass is 194 g/mol. The third-order valence-corrected chi connectivity index (χ3v) is 1.88. The summed E-state index contributed by atoms with van der Waals surface area (Å²) in [5.41, 5.74) is 6.54. The van der Waals surface area contributed by atoms with Crippen LogP contribution in [0.5, 0.6) is 5.75 Å². The molecule has 2 rings (SSSR count). The van der Waals surface area contributed by atoms with Crippen molar-refractivity contribution < 1.29 is 14.3 Å². The molecule has 2 amide bonds. The predicted octanol–water partition coefficient (Wildman–Crippen LogP) is 1.04. The van der Waals surface area contributed by atoms with E-state index in [1.54, 1.807) is 18.2 Å². The summed E-state index contributed by atoms with van der Waals surface area (Å²) in [6.07, 6.45) is 0. The van der Waals surface area contributed by atoms with Crippen LogP contribution in [0.25, 0.3) is 0 Å². The summed E-state index contributed by atoms with van der Waals surface area (Å²) in [4.78, 5) is 10.6. The van der Waals surface area contributed by atoms with Crippen LogP contribution in [0, 0.1) is 0 Å². The maximum Gasteiger partial charge on any atom is 0.316 e. The summed E-state index contributed by atoms with van der Waals surface area (Å²) in [5.74, 6) is 0.784. The first-order valence-corrected chi connectivity index (χ1v) is 4.15. The Morgan fingerprint density at radius 1 is 1.50 bits per heavy atom. The van der Waals surface area contributed by atoms with Gasteiger partial charge in [-0.25, -0.2) is 4.79 Å². The number of carbonyl (C=O) groups excluding carboxylic acids is 1. The second-order valence-corrected chi connectivity index (χ2v) is 2.92. The molecule has 0 saturated carbocycles. The van der Waals surface area contributed by atoms with Gasteiger partial charge in [0.2, 0.25) is 0 Å². The molecule has 14 heavy (non-hydrogen) atoms. The van der Waals surface area contributed by atoms with E-state index >= 15 is 0 Å². The van der Waals surface area contributed by atoms with Gasteiger partial charge in [-0.15, -0.1) is 0 Å². The van der Waals surface area contributed by atoms with Crippen molar-refractivity contribution in [2.75, 3.05) is 12.1 Å². The number of ether oxygens (including phenoxy) is 2. The molecule has 0 spiro atoms. The number of fused-ring (bicyclic) bond motifs is 1. The Morgan fingerprint density at radius 3 is 3.14 bits per heavy atom. The highest BCUT2D eigenvalue weighted by Crippen LogP contribution is 2.26. The Hall–Kier alpha value is -1.75. The van der Waals surface area contributed by atoms with Gasteiger partial charge >= 0.3 is 6.03 Å². The summed E-state index contributed by atoms with van der Waals surface area (Å²) in [6.45, 7) is 0.763. The average Bonchev–Trinajstić information content (AvgIpc) is 2.17. The van der Waals surface area contributed by atoms with E-state index in [9.17, 15) is 4.79 Å². The van der Waals surface area contributed by atoms with Gasteiger partial charge in [0.1, 0.15) is 5.75 Å². The maximum absolute atomic E-state index is 10.6. The lowest BCUT2D eigenvalue weighted by Gasteiger charge is -2.18. The summed E-state index contributed by atoms with van der Waals surface area (Å²) >= 11 is 0. The van der Waals surface area contributed by atoms with E-state index in [0.717, 1.165) is 11.3 Å². The van der Waals surface area contributed by atoms with Gasteiger partial charge < -0.3 is 20.5 Å².